The highest BCUT2D eigenvalue weighted by Gasteiger charge is 2.48. The van der Waals surface area contributed by atoms with E-state index in [9.17, 15) is 14.4 Å². The summed E-state index contributed by atoms with van der Waals surface area (Å²) >= 11 is 0. The number of hydrogen-bond acceptors (Lipinski definition) is 5. The fourth-order valence-electron chi connectivity index (χ4n) is 4.78. The molecule has 2 fully saturated rings. The molecule has 2 aliphatic rings. The lowest BCUT2D eigenvalue weighted by Crippen LogP contribution is -2.48. The van der Waals surface area contributed by atoms with Crippen LogP contribution in [0.4, 0.5) is 0 Å². The number of aromatic nitrogens is 1. The normalized spacial score (nSPS) is 21.5. The summed E-state index contributed by atoms with van der Waals surface area (Å²) in [5.41, 5.74) is 0.942. The quantitative estimate of drug-likeness (QED) is 0.730. The smallest absolute Gasteiger partial charge is 0.231 e. The van der Waals surface area contributed by atoms with E-state index in [4.69, 9.17) is 4.52 Å². The predicted octanol–water partition coefficient (Wildman–Crippen LogP) is 2.20. The monoisotopic (exact) mass is 438 g/mol. The van der Waals surface area contributed by atoms with Crippen molar-refractivity contribution in [1.82, 2.24) is 19.9 Å². The summed E-state index contributed by atoms with van der Waals surface area (Å²) < 4.78 is 5.64. The van der Waals surface area contributed by atoms with Crippen molar-refractivity contribution < 1.29 is 18.9 Å². The minimum atomic E-state index is -0.745. The zero-order valence-corrected chi connectivity index (χ0v) is 18.7. The van der Waals surface area contributed by atoms with E-state index in [-0.39, 0.29) is 17.7 Å². The number of carbonyl (C=O) groups excluding carboxylic acids is 3. The Labute approximate surface area is 188 Å². The number of rotatable bonds is 4. The summed E-state index contributed by atoms with van der Waals surface area (Å²) in [5.74, 6) is 0.681. The maximum absolute atomic E-state index is 13.8. The van der Waals surface area contributed by atoms with E-state index in [1.54, 1.807) is 23.6 Å². The fourth-order valence-corrected chi connectivity index (χ4v) is 4.78. The number of hydrogen-bond donors (Lipinski definition) is 0. The highest BCUT2D eigenvalue weighted by atomic mass is 16.5. The van der Waals surface area contributed by atoms with E-state index >= 15 is 0 Å². The molecule has 0 bridgehead atoms. The van der Waals surface area contributed by atoms with Gasteiger partial charge in [0.05, 0.1) is 5.41 Å². The molecule has 8 nitrogen and oxygen atoms in total. The van der Waals surface area contributed by atoms with E-state index in [1.165, 1.54) is 0 Å². The summed E-state index contributed by atoms with van der Waals surface area (Å²) in [6.07, 6.45) is 1.72. The summed E-state index contributed by atoms with van der Waals surface area (Å²) in [4.78, 5) is 43.1. The van der Waals surface area contributed by atoms with Gasteiger partial charge >= 0.3 is 0 Å². The molecule has 32 heavy (non-hydrogen) atoms. The summed E-state index contributed by atoms with van der Waals surface area (Å²) in [7, 11) is 0. The van der Waals surface area contributed by atoms with Crippen LogP contribution in [-0.4, -0.2) is 76.8 Å². The number of carbonyl (C=O) groups is 3. The van der Waals surface area contributed by atoms with Gasteiger partial charge in [-0.1, -0.05) is 35.5 Å². The van der Waals surface area contributed by atoms with Crippen LogP contribution in [0.5, 0.6) is 0 Å². The van der Waals surface area contributed by atoms with Crippen LogP contribution in [0.2, 0.25) is 0 Å². The standard InChI is InChI=1S/C24H30N4O4/c1-18(29)26-10-6-11-27(14-13-26)23(31)24(9-12-28(17-24)19(2)30)16-21-15-22(25-32-21)20-7-4-3-5-8-20/h3-5,7-8,15H,6,9-14,16-17H2,1-2H3/t24-/m0/s1. The van der Waals surface area contributed by atoms with E-state index in [2.05, 4.69) is 5.16 Å². The molecular weight excluding hydrogens is 408 g/mol. The van der Waals surface area contributed by atoms with Crippen molar-refractivity contribution in [1.29, 1.82) is 0 Å². The Morgan fingerprint density at radius 2 is 1.62 bits per heavy atom. The van der Waals surface area contributed by atoms with Crippen molar-refractivity contribution in [2.75, 3.05) is 39.3 Å². The van der Waals surface area contributed by atoms with Gasteiger partial charge in [0.1, 0.15) is 11.5 Å². The Hall–Kier alpha value is -3.16. The van der Waals surface area contributed by atoms with Crippen molar-refractivity contribution >= 4 is 17.7 Å². The molecule has 8 heteroatoms. The third kappa shape index (κ3) is 4.54. The summed E-state index contributed by atoms with van der Waals surface area (Å²) in [5, 5.41) is 4.21. The van der Waals surface area contributed by atoms with Gasteiger partial charge in [-0.25, -0.2) is 0 Å². The van der Waals surface area contributed by atoms with E-state index in [0.717, 1.165) is 17.7 Å². The van der Waals surface area contributed by atoms with Crippen LogP contribution in [0.15, 0.2) is 40.9 Å². The zero-order valence-electron chi connectivity index (χ0n) is 18.7. The average Bonchev–Trinajstić information content (AvgIpc) is 3.35. The fraction of sp³-hybridized carbons (Fsp3) is 0.500. The molecule has 0 spiro atoms. The molecule has 0 unspecified atom stereocenters. The molecule has 3 amide bonds. The second-order valence-corrected chi connectivity index (χ2v) is 8.84. The van der Waals surface area contributed by atoms with Gasteiger partial charge in [0.15, 0.2) is 0 Å². The maximum Gasteiger partial charge on any atom is 0.231 e. The third-order valence-electron chi connectivity index (χ3n) is 6.62. The van der Waals surface area contributed by atoms with Crippen LogP contribution in [0.1, 0.15) is 32.4 Å². The van der Waals surface area contributed by atoms with Crippen LogP contribution in [0.3, 0.4) is 0 Å². The van der Waals surface area contributed by atoms with Gasteiger partial charge in [0.2, 0.25) is 17.7 Å². The van der Waals surface area contributed by atoms with Gasteiger partial charge in [-0.2, -0.15) is 0 Å². The van der Waals surface area contributed by atoms with Crippen LogP contribution in [0.25, 0.3) is 11.3 Å². The van der Waals surface area contributed by atoms with E-state index in [0.29, 0.717) is 57.9 Å². The minimum absolute atomic E-state index is 0.0270. The lowest BCUT2D eigenvalue weighted by molar-refractivity contribution is -0.142. The molecule has 0 radical (unpaired) electrons. The van der Waals surface area contributed by atoms with Crippen LogP contribution in [-0.2, 0) is 20.8 Å². The molecule has 0 aliphatic carbocycles. The molecule has 1 atom stereocenters. The van der Waals surface area contributed by atoms with Crippen molar-refractivity contribution in [3.8, 4) is 11.3 Å². The molecule has 0 N–H and O–H groups in total. The first-order valence-electron chi connectivity index (χ1n) is 11.2. The minimum Gasteiger partial charge on any atom is -0.361 e. The van der Waals surface area contributed by atoms with Crippen molar-refractivity contribution in [2.24, 2.45) is 5.41 Å². The first-order chi connectivity index (χ1) is 15.4. The summed E-state index contributed by atoms with van der Waals surface area (Å²) in [6.45, 7) is 6.34. The topological polar surface area (TPSA) is 87.0 Å². The van der Waals surface area contributed by atoms with Gasteiger partial charge in [-0.3, -0.25) is 14.4 Å². The van der Waals surface area contributed by atoms with Crippen LogP contribution < -0.4 is 0 Å². The molecule has 2 aliphatic heterocycles. The predicted molar refractivity (Wildman–Crippen MR) is 118 cm³/mol. The number of amides is 3. The number of nitrogens with zero attached hydrogens (tertiary/aromatic N) is 4. The number of benzene rings is 1. The largest absolute Gasteiger partial charge is 0.361 e. The van der Waals surface area contributed by atoms with Gasteiger partial charge < -0.3 is 19.2 Å². The number of likely N-dealkylation sites (tertiary alicyclic amines) is 1. The SMILES string of the molecule is CC(=O)N1CCCN(C(=O)[C@]2(Cc3cc(-c4ccccc4)no3)CCN(C(C)=O)C2)CC1. The van der Waals surface area contributed by atoms with Gasteiger partial charge in [-0.15, -0.1) is 0 Å². The lowest BCUT2D eigenvalue weighted by atomic mass is 9.80. The van der Waals surface area contributed by atoms with Gasteiger partial charge in [-0.05, 0) is 12.8 Å². The van der Waals surface area contributed by atoms with Gasteiger partial charge in [0.25, 0.3) is 0 Å². The Balaban J connectivity index is 1.56. The Morgan fingerprint density at radius 3 is 2.31 bits per heavy atom. The van der Waals surface area contributed by atoms with Gasteiger partial charge in [0, 0.05) is 71.2 Å². The molecular formula is C24H30N4O4. The first kappa shape index (κ1) is 22.0. The molecule has 2 saturated heterocycles. The Bertz CT molecular complexity index is 989. The second kappa shape index (κ2) is 9.14. The molecule has 4 rings (SSSR count). The molecule has 1 aromatic carbocycles. The molecule has 1 aromatic heterocycles. The molecule has 2 aromatic rings. The van der Waals surface area contributed by atoms with E-state index < -0.39 is 5.41 Å². The first-order valence-corrected chi connectivity index (χ1v) is 11.2. The zero-order chi connectivity index (χ0) is 22.7. The van der Waals surface area contributed by atoms with Crippen molar-refractivity contribution in [3.63, 3.8) is 0 Å². The van der Waals surface area contributed by atoms with E-state index in [1.807, 2.05) is 41.3 Å². The highest BCUT2D eigenvalue weighted by Crippen LogP contribution is 2.37. The molecule has 3 heterocycles. The highest BCUT2D eigenvalue weighted by molar-refractivity contribution is 5.85. The second-order valence-electron chi connectivity index (χ2n) is 8.84. The Kier molecular flexibility index (Phi) is 6.30. The molecule has 170 valence electrons. The third-order valence-corrected chi connectivity index (χ3v) is 6.62. The van der Waals surface area contributed by atoms with Crippen LogP contribution >= 0.6 is 0 Å². The molecule has 0 saturated carbocycles. The van der Waals surface area contributed by atoms with Crippen LogP contribution in [0, 0.1) is 5.41 Å². The average molecular weight is 439 g/mol. The lowest BCUT2D eigenvalue weighted by Gasteiger charge is -2.33. The Morgan fingerprint density at radius 1 is 0.938 bits per heavy atom. The van der Waals surface area contributed by atoms with Crippen molar-refractivity contribution in [2.45, 2.75) is 33.1 Å². The summed E-state index contributed by atoms with van der Waals surface area (Å²) in [6, 6.07) is 11.7. The maximum atomic E-state index is 13.8. The van der Waals surface area contributed by atoms with Crippen molar-refractivity contribution in [3.05, 3.63) is 42.2 Å².